The maximum absolute atomic E-state index is 13.4. The van der Waals surface area contributed by atoms with Crippen LogP contribution in [0.25, 0.3) is 0 Å². The lowest BCUT2D eigenvalue weighted by Crippen LogP contribution is -2.63. The molecule has 0 saturated carbocycles. The van der Waals surface area contributed by atoms with Crippen LogP contribution in [-0.4, -0.2) is 110 Å². The lowest BCUT2D eigenvalue weighted by atomic mass is 10.0. The highest BCUT2D eigenvalue weighted by molar-refractivity contribution is 6.02. The number of carbonyl (C=O) groups excluding carboxylic acids is 7. The molecule has 2 aliphatic rings. The van der Waals surface area contributed by atoms with E-state index in [0.717, 1.165) is 6.20 Å². The first kappa shape index (κ1) is 37.2. The van der Waals surface area contributed by atoms with Crippen LogP contribution >= 0.6 is 0 Å². The van der Waals surface area contributed by atoms with E-state index >= 15 is 0 Å². The summed E-state index contributed by atoms with van der Waals surface area (Å²) in [5.74, 6) is -5.04. The summed E-state index contributed by atoms with van der Waals surface area (Å²) < 4.78 is 0. The zero-order valence-electron chi connectivity index (χ0n) is 25.4. The number of primary amides is 1. The number of carbonyl (C=O) groups is 7. The first-order valence-corrected chi connectivity index (χ1v) is 14.5. The molecule has 8 amide bonds. The molecule has 6 atom stereocenters. The average molecular weight is 653 g/mol. The van der Waals surface area contributed by atoms with Crippen molar-refractivity contribution in [3.05, 3.63) is 11.9 Å². The number of nitrogens with two attached hydrogens (primary N) is 5. The van der Waals surface area contributed by atoms with E-state index in [2.05, 4.69) is 47.5 Å². The van der Waals surface area contributed by atoms with E-state index in [1.54, 1.807) is 0 Å². The Kier molecular flexibility index (Phi) is 14.6. The number of nitrogens with zero attached hydrogens (tertiary/aromatic N) is 1. The van der Waals surface area contributed by atoms with Gasteiger partial charge >= 0.3 is 6.03 Å². The third kappa shape index (κ3) is 12.2. The fraction of sp³-hybridized carbons (Fsp3) is 0.600. The van der Waals surface area contributed by atoms with Crippen molar-refractivity contribution in [1.82, 2.24) is 42.5 Å². The molecule has 0 aromatic heterocycles. The van der Waals surface area contributed by atoms with Gasteiger partial charge in [-0.05, 0) is 32.7 Å². The van der Waals surface area contributed by atoms with Gasteiger partial charge in [0.25, 0.3) is 5.91 Å². The quantitative estimate of drug-likeness (QED) is 0.103. The lowest BCUT2D eigenvalue weighted by molar-refractivity contribution is -0.133. The molecule has 0 spiro atoms. The predicted octanol–water partition coefficient (Wildman–Crippen LogP) is -7.21. The normalized spacial score (nSPS) is 26.6. The van der Waals surface area contributed by atoms with E-state index in [1.165, 1.54) is 6.92 Å². The number of amides is 8. The Labute approximate surface area is 264 Å². The van der Waals surface area contributed by atoms with Crippen molar-refractivity contribution in [2.24, 2.45) is 33.7 Å². The summed E-state index contributed by atoms with van der Waals surface area (Å²) in [7, 11) is 0. The van der Waals surface area contributed by atoms with Crippen LogP contribution in [0.5, 0.6) is 0 Å². The average Bonchev–Trinajstić information content (AvgIpc) is 3.00. The SMILES string of the molecule is C[C@@H]1NC(=O)[C@H](N)CNC(=O)[C@H]([C@@H]2CCN=C(N)N2)NC(=O)/C(=C\NC(N)=O)NC(=O)[C@@H](CNC(=O)C[C@@H](N)CCCN)NC1=O. The summed E-state index contributed by atoms with van der Waals surface area (Å²) in [6.07, 6.45) is 2.01. The summed E-state index contributed by atoms with van der Waals surface area (Å²) in [5, 5.41) is 19.4. The number of hydrogen-bond donors (Lipinski definition) is 13. The van der Waals surface area contributed by atoms with Crippen molar-refractivity contribution < 1.29 is 33.6 Å². The first-order valence-electron chi connectivity index (χ1n) is 14.5. The van der Waals surface area contributed by atoms with Crippen molar-refractivity contribution in [2.75, 3.05) is 26.2 Å². The van der Waals surface area contributed by atoms with Crippen LogP contribution in [0.15, 0.2) is 16.9 Å². The fourth-order valence-electron chi connectivity index (χ4n) is 4.28. The molecule has 2 heterocycles. The lowest BCUT2D eigenvalue weighted by Gasteiger charge is -2.31. The predicted molar refractivity (Wildman–Crippen MR) is 163 cm³/mol. The Morgan fingerprint density at radius 2 is 1.76 bits per heavy atom. The van der Waals surface area contributed by atoms with Gasteiger partial charge in [-0.3, -0.25) is 33.8 Å². The molecule has 2 aliphatic heterocycles. The van der Waals surface area contributed by atoms with Gasteiger partial charge < -0.3 is 71.2 Å². The van der Waals surface area contributed by atoms with E-state index in [1.807, 2.05) is 0 Å². The van der Waals surface area contributed by atoms with E-state index in [-0.39, 0.29) is 31.9 Å². The smallest absolute Gasteiger partial charge is 0.316 e. The van der Waals surface area contributed by atoms with E-state index < -0.39 is 90.0 Å². The van der Waals surface area contributed by atoms with Gasteiger partial charge in [0.15, 0.2) is 5.96 Å². The highest BCUT2D eigenvalue weighted by Gasteiger charge is 2.34. The molecule has 0 aromatic rings. The molecule has 1 saturated heterocycles. The zero-order valence-corrected chi connectivity index (χ0v) is 25.4. The van der Waals surface area contributed by atoms with E-state index in [4.69, 9.17) is 28.7 Å². The Hall–Kier alpha value is -5.02. The second-order valence-electron chi connectivity index (χ2n) is 10.7. The minimum Gasteiger partial charge on any atom is -0.370 e. The van der Waals surface area contributed by atoms with Crippen LogP contribution in [0, 0.1) is 0 Å². The van der Waals surface area contributed by atoms with Crippen molar-refractivity contribution in [2.45, 2.75) is 68.9 Å². The van der Waals surface area contributed by atoms with Crippen molar-refractivity contribution in [3.63, 3.8) is 0 Å². The second kappa shape index (κ2) is 18.1. The highest BCUT2D eigenvalue weighted by atomic mass is 16.2. The topological polar surface area (TPSA) is 358 Å². The molecule has 0 radical (unpaired) electrons. The third-order valence-corrected chi connectivity index (χ3v) is 6.84. The van der Waals surface area contributed by atoms with Crippen molar-refractivity contribution in [3.8, 4) is 0 Å². The van der Waals surface area contributed by atoms with Gasteiger partial charge in [-0.1, -0.05) is 0 Å². The Morgan fingerprint density at radius 3 is 2.41 bits per heavy atom. The highest BCUT2D eigenvalue weighted by Crippen LogP contribution is 2.07. The van der Waals surface area contributed by atoms with Gasteiger partial charge in [0, 0.05) is 38.3 Å². The van der Waals surface area contributed by atoms with Crippen molar-refractivity contribution in [1.29, 1.82) is 0 Å². The molecule has 2 rings (SSSR count). The number of hydrogen-bond acceptors (Lipinski definition) is 13. The summed E-state index contributed by atoms with van der Waals surface area (Å²) >= 11 is 0. The van der Waals surface area contributed by atoms with Gasteiger partial charge in [-0.15, -0.1) is 0 Å². The van der Waals surface area contributed by atoms with Crippen LogP contribution in [0.2, 0.25) is 0 Å². The molecule has 21 heteroatoms. The van der Waals surface area contributed by atoms with Crippen molar-refractivity contribution >= 4 is 47.4 Å². The molecule has 256 valence electrons. The number of rotatable bonds is 9. The van der Waals surface area contributed by atoms with Gasteiger partial charge in [0.2, 0.25) is 29.5 Å². The van der Waals surface area contributed by atoms with E-state index in [0.29, 0.717) is 19.4 Å². The molecule has 0 aromatic carbocycles. The largest absolute Gasteiger partial charge is 0.370 e. The molecule has 21 nitrogen and oxygen atoms in total. The maximum Gasteiger partial charge on any atom is 0.316 e. The minimum absolute atomic E-state index is 0.0101. The van der Waals surface area contributed by atoms with Gasteiger partial charge in [-0.25, -0.2) is 4.79 Å². The molecular formula is C25H44N14O7. The summed E-state index contributed by atoms with van der Waals surface area (Å²) in [6.45, 7) is 1.08. The molecule has 1 fully saturated rings. The zero-order chi connectivity index (χ0) is 34.4. The number of urea groups is 1. The van der Waals surface area contributed by atoms with Crippen LogP contribution < -0.4 is 71.2 Å². The van der Waals surface area contributed by atoms with E-state index in [9.17, 15) is 33.6 Å². The Morgan fingerprint density at radius 1 is 1.04 bits per heavy atom. The fourth-order valence-corrected chi connectivity index (χ4v) is 4.28. The number of aliphatic imine (C=N–C) groups is 1. The molecular weight excluding hydrogens is 608 g/mol. The van der Waals surface area contributed by atoms with Gasteiger partial charge in [0.05, 0.1) is 6.04 Å². The second-order valence-corrected chi connectivity index (χ2v) is 10.7. The molecule has 0 bridgehead atoms. The molecule has 18 N–H and O–H groups in total. The molecule has 0 aliphatic carbocycles. The van der Waals surface area contributed by atoms with Crippen LogP contribution in [-0.2, 0) is 28.8 Å². The van der Waals surface area contributed by atoms with Gasteiger partial charge in [-0.2, -0.15) is 0 Å². The standard InChI is InChI=1S/C25H44N14O7/c1-11-19(41)36-15(9-32-17(40)7-12(27)3-2-5-26)21(43)37-16(10-34-25(30)46)22(44)39-18(14-4-6-31-24(29)38-14)23(45)33-8-13(28)20(42)35-11/h10-15,18H,2-9,26-28H2,1H3,(H,32,40)(H,33,45)(H,35,42)(H,36,41)(H,37,43)(H,39,44)(H3,29,31,38)(H3,30,34,46)/b16-10+/t11-,12-,13+,14-,15+,18-/m0/s1. The summed E-state index contributed by atoms with van der Waals surface area (Å²) in [4.78, 5) is 93.7. The maximum atomic E-state index is 13.4. The molecule has 0 unspecified atom stereocenters. The minimum atomic E-state index is -1.52. The van der Waals surface area contributed by atoms with Crippen LogP contribution in [0.3, 0.4) is 0 Å². The Balaban J connectivity index is 2.42. The van der Waals surface area contributed by atoms with Crippen LogP contribution in [0.4, 0.5) is 4.79 Å². The third-order valence-electron chi connectivity index (χ3n) is 6.84. The first-order chi connectivity index (χ1) is 21.7. The van der Waals surface area contributed by atoms with Gasteiger partial charge in [0.1, 0.15) is 29.9 Å². The van der Waals surface area contributed by atoms with Crippen LogP contribution in [0.1, 0.15) is 32.6 Å². The monoisotopic (exact) mass is 652 g/mol. The molecule has 46 heavy (non-hydrogen) atoms. The summed E-state index contributed by atoms with van der Waals surface area (Å²) in [6, 6.07) is -7.79. The Bertz CT molecular complexity index is 1230. The number of guanidine groups is 1. The summed E-state index contributed by atoms with van der Waals surface area (Å²) in [5.41, 5.74) is 27.7. The number of nitrogens with one attached hydrogen (secondary N) is 8.